The number of anilines is 2. The molecule has 1 aromatic heterocycles. The van der Waals surface area contributed by atoms with Gasteiger partial charge in [-0.05, 0) is 29.6 Å². The van der Waals surface area contributed by atoms with Crippen LogP contribution >= 0.6 is 11.8 Å². The molecule has 3 aliphatic heterocycles. The Morgan fingerprint density at radius 1 is 1.27 bits per heavy atom. The van der Waals surface area contributed by atoms with Gasteiger partial charge in [0.1, 0.15) is 13.3 Å². The number of para-hydroxylation sites is 1. The van der Waals surface area contributed by atoms with Crippen molar-refractivity contribution >= 4 is 29.2 Å². The predicted octanol–water partition coefficient (Wildman–Crippen LogP) is 2.68. The number of nitrogens with zero attached hydrogens (tertiary/aromatic N) is 7. The number of hydrogen-bond acceptors (Lipinski definition) is 8. The largest absolute Gasteiger partial charge is 0.337 e. The summed E-state index contributed by atoms with van der Waals surface area (Å²) in [7, 11) is 0. The summed E-state index contributed by atoms with van der Waals surface area (Å²) in [6, 6.07) is 8.21. The van der Waals surface area contributed by atoms with Crippen molar-refractivity contribution in [2.45, 2.75) is 19.3 Å². The molecule has 0 saturated heterocycles. The van der Waals surface area contributed by atoms with Crippen LogP contribution in [-0.2, 0) is 0 Å². The molecule has 0 radical (unpaired) electrons. The number of rotatable bonds is 2. The van der Waals surface area contributed by atoms with E-state index in [2.05, 4.69) is 34.1 Å². The fourth-order valence-electron chi connectivity index (χ4n) is 3.82. The number of hydrazine groups is 1. The van der Waals surface area contributed by atoms with Crippen molar-refractivity contribution in [3.05, 3.63) is 47.7 Å². The van der Waals surface area contributed by atoms with Crippen molar-refractivity contribution in [3.63, 3.8) is 0 Å². The summed E-state index contributed by atoms with van der Waals surface area (Å²) in [5.74, 6) is 4.07. The lowest BCUT2D eigenvalue weighted by Gasteiger charge is -2.39. The summed E-state index contributed by atoms with van der Waals surface area (Å²) < 4.78 is 7.14. The second-order valence-corrected chi connectivity index (χ2v) is 7.49. The molecule has 2 aromatic rings. The van der Waals surface area contributed by atoms with Crippen LogP contribution in [0.15, 0.2) is 45.8 Å². The highest BCUT2D eigenvalue weighted by Crippen LogP contribution is 2.47. The molecule has 0 bridgehead atoms. The molecule has 4 aliphatic rings. The molecule has 9 heteroatoms. The Morgan fingerprint density at radius 3 is 2.96 bits per heavy atom. The van der Waals surface area contributed by atoms with E-state index in [4.69, 9.17) is 21.3 Å². The zero-order valence-electron chi connectivity index (χ0n) is 14.1. The van der Waals surface area contributed by atoms with Crippen LogP contribution in [0.25, 0.3) is 0 Å². The molecule has 0 N–H and O–H groups in total. The predicted molar refractivity (Wildman–Crippen MR) is 96.1 cm³/mol. The first-order chi connectivity index (χ1) is 12.7. The number of aromatic nitrogens is 2. The van der Waals surface area contributed by atoms with Crippen LogP contribution < -0.4 is 9.91 Å². The molecular weight excluding hydrogens is 354 g/mol. The standard InChI is InChI=1S/C17H16ClN7O/c1-10-6-12(10)16-20-17(21-26-16)24-8-19-15-11-4-2-3-5-13(11)23-9-22(18)7-14(23)25(15)24/h2-5,7,10,12H,6,8-9H2,1H3. The van der Waals surface area contributed by atoms with Crippen molar-refractivity contribution in [1.82, 2.24) is 19.6 Å². The molecule has 2 unspecified atom stereocenters. The minimum Gasteiger partial charge on any atom is -0.337 e. The molecule has 2 atom stereocenters. The Bertz CT molecular complexity index is 970. The van der Waals surface area contributed by atoms with Crippen LogP contribution in [0.2, 0.25) is 0 Å². The van der Waals surface area contributed by atoms with E-state index in [0.29, 0.717) is 31.1 Å². The summed E-state index contributed by atoms with van der Waals surface area (Å²) in [6.45, 7) is 3.21. The SMILES string of the molecule is CC1CC1c1nc(N2CN=C3c4ccccc4N4CN(Cl)C=C4N32)no1. The summed E-state index contributed by atoms with van der Waals surface area (Å²) in [4.78, 5) is 11.5. The smallest absolute Gasteiger partial charge is 0.287 e. The minimum atomic E-state index is 0.391. The topological polar surface area (TPSA) is 64.2 Å². The lowest BCUT2D eigenvalue weighted by atomic mass is 10.1. The van der Waals surface area contributed by atoms with Gasteiger partial charge in [-0.25, -0.2) is 15.0 Å². The number of aliphatic imine (C=N–C) groups is 1. The van der Waals surface area contributed by atoms with Crippen LogP contribution in [-0.4, -0.2) is 38.7 Å². The van der Waals surface area contributed by atoms with E-state index < -0.39 is 0 Å². The van der Waals surface area contributed by atoms with E-state index in [1.54, 1.807) is 4.42 Å². The number of amidine groups is 1. The quantitative estimate of drug-likeness (QED) is 0.754. The first kappa shape index (κ1) is 14.4. The molecule has 132 valence electrons. The van der Waals surface area contributed by atoms with Crippen molar-refractivity contribution < 1.29 is 4.52 Å². The lowest BCUT2D eigenvalue weighted by molar-refractivity contribution is 0.370. The molecular formula is C17H16ClN7O. The summed E-state index contributed by atoms with van der Waals surface area (Å²) in [5.41, 5.74) is 2.16. The normalized spacial score (nSPS) is 25.8. The van der Waals surface area contributed by atoms with Crippen LogP contribution in [0.5, 0.6) is 0 Å². The van der Waals surface area contributed by atoms with Gasteiger partial charge in [-0.1, -0.05) is 19.1 Å². The van der Waals surface area contributed by atoms with E-state index >= 15 is 0 Å². The third kappa shape index (κ3) is 1.87. The van der Waals surface area contributed by atoms with Gasteiger partial charge < -0.3 is 9.42 Å². The van der Waals surface area contributed by atoms with Gasteiger partial charge in [0.2, 0.25) is 5.89 Å². The second kappa shape index (κ2) is 4.91. The van der Waals surface area contributed by atoms with E-state index in [9.17, 15) is 0 Å². The van der Waals surface area contributed by atoms with Gasteiger partial charge in [0.25, 0.3) is 5.95 Å². The average molecular weight is 370 g/mol. The monoisotopic (exact) mass is 369 g/mol. The zero-order valence-corrected chi connectivity index (χ0v) is 14.8. The first-order valence-electron chi connectivity index (χ1n) is 8.67. The number of benzene rings is 1. The Kier molecular flexibility index (Phi) is 2.73. The molecule has 0 amide bonds. The minimum absolute atomic E-state index is 0.391. The fraction of sp³-hybridized carbons (Fsp3) is 0.353. The Balaban J connectivity index is 1.43. The summed E-state index contributed by atoms with van der Waals surface area (Å²) >= 11 is 6.29. The maximum Gasteiger partial charge on any atom is 0.287 e. The van der Waals surface area contributed by atoms with Crippen LogP contribution in [0.1, 0.15) is 30.7 Å². The Labute approximate surface area is 155 Å². The Hall–Kier alpha value is -2.74. The maximum absolute atomic E-state index is 6.29. The highest BCUT2D eigenvalue weighted by molar-refractivity contribution is 6.15. The van der Waals surface area contributed by atoms with E-state index in [0.717, 1.165) is 35.2 Å². The second-order valence-electron chi connectivity index (χ2n) is 7.06. The fourth-order valence-corrected chi connectivity index (χ4v) is 4.02. The van der Waals surface area contributed by atoms with Gasteiger partial charge >= 0.3 is 0 Å². The van der Waals surface area contributed by atoms with Gasteiger partial charge in [0, 0.05) is 23.3 Å². The number of halogens is 1. The van der Waals surface area contributed by atoms with Gasteiger partial charge in [-0.3, -0.25) is 4.42 Å². The van der Waals surface area contributed by atoms with Gasteiger partial charge in [-0.2, -0.15) is 4.98 Å². The van der Waals surface area contributed by atoms with E-state index in [1.165, 1.54) is 0 Å². The average Bonchev–Trinajstić information content (AvgIpc) is 3.05. The molecule has 8 nitrogen and oxygen atoms in total. The molecule has 0 spiro atoms. The summed E-state index contributed by atoms with van der Waals surface area (Å²) in [6.07, 6.45) is 3.01. The van der Waals surface area contributed by atoms with Crippen molar-refractivity contribution in [1.29, 1.82) is 0 Å². The number of fused-ring (bicyclic) bond motifs is 6. The summed E-state index contributed by atoms with van der Waals surface area (Å²) in [5, 5.41) is 8.16. The third-order valence-corrected chi connectivity index (χ3v) is 5.55. The molecule has 1 aliphatic carbocycles. The van der Waals surface area contributed by atoms with Gasteiger partial charge in [-0.15, -0.1) is 0 Å². The van der Waals surface area contributed by atoms with E-state index in [1.807, 2.05) is 28.4 Å². The molecule has 1 fully saturated rings. The molecule has 4 heterocycles. The van der Waals surface area contributed by atoms with Crippen LogP contribution in [0.4, 0.5) is 11.6 Å². The zero-order chi connectivity index (χ0) is 17.4. The van der Waals surface area contributed by atoms with Gasteiger partial charge in [0.05, 0.1) is 11.9 Å². The highest BCUT2D eigenvalue weighted by Gasteiger charge is 2.44. The van der Waals surface area contributed by atoms with Crippen LogP contribution in [0.3, 0.4) is 0 Å². The molecule has 1 aromatic carbocycles. The van der Waals surface area contributed by atoms with Crippen molar-refractivity contribution in [2.75, 3.05) is 23.2 Å². The third-order valence-electron chi connectivity index (χ3n) is 5.35. The number of hydrogen-bond donors (Lipinski definition) is 0. The molecule has 1 saturated carbocycles. The highest BCUT2D eigenvalue weighted by atomic mass is 35.5. The molecule has 26 heavy (non-hydrogen) atoms. The van der Waals surface area contributed by atoms with Gasteiger partial charge in [0.15, 0.2) is 11.7 Å². The molecule has 6 rings (SSSR count). The Morgan fingerprint density at radius 2 is 2.12 bits per heavy atom. The van der Waals surface area contributed by atoms with Crippen LogP contribution in [0, 0.1) is 5.92 Å². The van der Waals surface area contributed by atoms with Crippen molar-refractivity contribution in [2.24, 2.45) is 10.9 Å². The lowest BCUT2D eigenvalue weighted by Crippen LogP contribution is -2.49. The van der Waals surface area contributed by atoms with Crippen molar-refractivity contribution in [3.8, 4) is 0 Å². The first-order valence-corrected chi connectivity index (χ1v) is 9.01. The maximum atomic E-state index is 6.29. The van der Waals surface area contributed by atoms with E-state index in [-0.39, 0.29) is 0 Å².